The maximum atomic E-state index is 11.8. The molecule has 19 heavy (non-hydrogen) atoms. The van der Waals surface area contributed by atoms with E-state index in [4.69, 9.17) is 0 Å². The predicted octanol–water partition coefficient (Wildman–Crippen LogP) is 4.26. The van der Waals surface area contributed by atoms with Crippen molar-refractivity contribution in [3.8, 4) is 0 Å². The van der Waals surface area contributed by atoms with Crippen molar-refractivity contribution in [3.05, 3.63) is 59.2 Å². The number of aryl methyl sites for hydroxylation is 3. The van der Waals surface area contributed by atoms with Gasteiger partial charge in [0.15, 0.2) is 0 Å². The van der Waals surface area contributed by atoms with Crippen LogP contribution in [0.25, 0.3) is 0 Å². The first kappa shape index (κ1) is 13.1. The molecule has 3 heteroatoms. The van der Waals surface area contributed by atoms with Crippen molar-refractivity contribution >= 4 is 17.4 Å². The van der Waals surface area contributed by atoms with Gasteiger partial charge in [0.1, 0.15) is 0 Å². The van der Waals surface area contributed by atoms with Gasteiger partial charge in [-0.2, -0.15) is 0 Å². The zero-order valence-electron chi connectivity index (χ0n) is 11.4. The highest BCUT2D eigenvalue weighted by atomic mass is 16.2. The molecule has 0 radical (unpaired) electrons. The number of anilines is 2. The number of hydrogen-bond donors (Lipinski definition) is 2. The van der Waals surface area contributed by atoms with E-state index < -0.39 is 0 Å². The summed E-state index contributed by atoms with van der Waals surface area (Å²) in [5.41, 5.74) is 5.12. The summed E-state index contributed by atoms with van der Waals surface area (Å²) in [6, 6.07) is 13.3. The third-order valence-electron chi connectivity index (χ3n) is 3.07. The molecule has 0 aliphatic heterocycles. The molecule has 2 aromatic carbocycles. The minimum atomic E-state index is -0.230. The molecular weight excluding hydrogens is 236 g/mol. The predicted molar refractivity (Wildman–Crippen MR) is 79.7 cm³/mol. The summed E-state index contributed by atoms with van der Waals surface area (Å²) in [6.45, 7) is 6.09. The average molecular weight is 254 g/mol. The number of rotatable bonds is 2. The number of benzene rings is 2. The first-order valence-electron chi connectivity index (χ1n) is 6.26. The lowest BCUT2D eigenvalue weighted by Crippen LogP contribution is -2.19. The zero-order chi connectivity index (χ0) is 13.8. The smallest absolute Gasteiger partial charge is 0.308 e. The van der Waals surface area contributed by atoms with E-state index in [1.165, 1.54) is 11.1 Å². The van der Waals surface area contributed by atoms with Crippen molar-refractivity contribution in [1.29, 1.82) is 0 Å². The molecular formula is C16H18N2O. The van der Waals surface area contributed by atoms with Crippen molar-refractivity contribution in [3.63, 3.8) is 0 Å². The van der Waals surface area contributed by atoms with Gasteiger partial charge in [0.05, 0.1) is 0 Å². The second-order valence-corrected chi connectivity index (χ2v) is 4.74. The molecule has 0 bridgehead atoms. The summed E-state index contributed by atoms with van der Waals surface area (Å²) in [5, 5.41) is 5.62. The molecule has 2 aromatic rings. The molecule has 0 aromatic heterocycles. The summed E-state index contributed by atoms with van der Waals surface area (Å²) in [6.07, 6.45) is 0. The number of carbonyl (C=O) groups excluding carboxylic acids is 1. The Labute approximate surface area is 113 Å². The summed E-state index contributed by atoms with van der Waals surface area (Å²) >= 11 is 0. The van der Waals surface area contributed by atoms with Crippen molar-refractivity contribution in [1.82, 2.24) is 0 Å². The van der Waals surface area contributed by atoms with E-state index in [9.17, 15) is 4.79 Å². The standard InChI is InChI=1S/C16H18N2O/c1-11-4-7-14(8-5-11)17-16(19)18-15-9-6-12(2)13(3)10-15/h4-10H,1-3H3,(H2,17,18,19). The molecule has 0 aliphatic rings. The number of amides is 2. The van der Waals surface area contributed by atoms with Gasteiger partial charge >= 0.3 is 6.03 Å². The normalized spacial score (nSPS) is 10.1. The molecule has 0 fully saturated rings. The van der Waals surface area contributed by atoms with Crippen LogP contribution in [0.3, 0.4) is 0 Å². The largest absolute Gasteiger partial charge is 0.323 e. The average Bonchev–Trinajstić information content (AvgIpc) is 2.37. The highest BCUT2D eigenvalue weighted by Crippen LogP contribution is 2.15. The van der Waals surface area contributed by atoms with Crippen LogP contribution in [0.5, 0.6) is 0 Å². The number of urea groups is 1. The SMILES string of the molecule is Cc1ccc(NC(=O)Nc2ccc(C)c(C)c2)cc1. The Kier molecular flexibility index (Phi) is 3.85. The minimum Gasteiger partial charge on any atom is -0.308 e. The molecule has 98 valence electrons. The van der Waals surface area contributed by atoms with Crippen LogP contribution in [0.2, 0.25) is 0 Å². The van der Waals surface area contributed by atoms with E-state index in [0.717, 1.165) is 16.9 Å². The van der Waals surface area contributed by atoms with Crippen LogP contribution in [0.4, 0.5) is 16.2 Å². The van der Waals surface area contributed by atoms with Gasteiger partial charge in [-0.25, -0.2) is 4.79 Å². The molecule has 0 atom stereocenters. The van der Waals surface area contributed by atoms with Gasteiger partial charge in [0.2, 0.25) is 0 Å². The highest BCUT2D eigenvalue weighted by molar-refractivity contribution is 5.99. The number of carbonyl (C=O) groups is 1. The highest BCUT2D eigenvalue weighted by Gasteiger charge is 2.03. The Balaban J connectivity index is 2.01. The van der Waals surface area contributed by atoms with Crippen LogP contribution in [-0.4, -0.2) is 6.03 Å². The number of hydrogen-bond acceptors (Lipinski definition) is 1. The van der Waals surface area contributed by atoms with Crippen LogP contribution in [0, 0.1) is 20.8 Å². The second-order valence-electron chi connectivity index (χ2n) is 4.74. The van der Waals surface area contributed by atoms with Crippen LogP contribution in [0.1, 0.15) is 16.7 Å². The first-order chi connectivity index (χ1) is 9.04. The summed E-state index contributed by atoms with van der Waals surface area (Å²) < 4.78 is 0. The van der Waals surface area contributed by atoms with Gasteiger partial charge in [0.25, 0.3) is 0 Å². The topological polar surface area (TPSA) is 41.1 Å². The molecule has 3 nitrogen and oxygen atoms in total. The summed E-state index contributed by atoms with van der Waals surface area (Å²) in [5.74, 6) is 0. The molecule has 2 rings (SSSR count). The lowest BCUT2D eigenvalue weighted by molar-refractivity contribution is 0.262. The van der Waals surface area contributed by atoms with E-state index in [2.05, 4.69) is 10.6 Å². The van der Waals surface area contributed by atoms with Gasteiger partial charge < -0.3 is 10.6 Å². The van der Waals surface area contributed by atoms with E-state index in [0.29, 0.717) is 0 Å². The van der Waals surface area contributed by atoms with E-state index in [-0.39, 0.29) is 6.03 Å². The molecule has 0 aliphatic carbocycles. The van der Waals surface area contributed by atoms with Gasteiger partial charge in [-0.15, -0.1) is 0 Å². The molecule has 0 unspecified atom stereocenters. The number of nitrogens with one attached hydrogen (secondary N) is 2. The third kappa shape index (κ3) is 3.58. The fraction of sp³-hybridized carbons (Fsp3) is 0.188. The van der Waals surface area contributed by atoms with Crippen molar-refractivity contribution in [2.75, 3.05) is 10.6 Å². The maximum absolute atomic E-state index is 11.8. The van der Waals surface area contributed by atoms with Crippen molar-refractivity contribution in [2.45, 2.75) is 20.8 Å². The Morgan fingerprint density at radius 2 is 1.37 bits per heavy atom. The fourth-order valence-corrected chi connectivity index (χ4v) is 1.75. The Hall–Kier alpha value is -2.29. The summed E-state index contributed by atoms with van der Waals surface area (Å²) in [7, 11) is 0. The lowest BCUT2D eigenvalue weighted by Gasteiger charge is -2.09. The van der Waals surface area contributed by atoms with E-state index in [1.54, 1.807) is 0 Å². The summed E-state index contributed by atoms with van der Waals surface area (Å²) in [4.78, 5) is 11.8. The Bertz CT molecular complexity index is 588. The molecule has 2 N–H and O–H groups in total. The van der Waals surface area contributed by atoms with Crippen LogP contribution < -0.4 is 10.6 Å². The Morgan fingerprint density at radius 1 is 0.789 bits per heavy atom. The molecule has 0 spiro atoms. The van der Waals surface area contributed by atoms with Crippen LogP contribution in [0.15, 0.2) is 42.5 Å². The molecule has 2 amide bonds. The van der Waals surface area contributed by atoms with Crippen molar-refractivity contribution in [2.24, 2.45) is 0 Å². The Morgan fingerprint density at radius 3 is 2.00 bits per heavy atom. The first-order valence-corrected chi connectivity index (χ1v) is 6.26. The minimum absolute atomic E-state index is 0.230. The monoisotopic (exact) mass is 254 g/mol. The quantitative estimate of drug-likeness (QED) is 0.826. The third-order valence-corrected chi connectivity index (χ3v) is 3.07. The fourth-order valence-electron chi connectivity index (χ4n) is 1.75. The van der Waals surface area contributed by atoms with Gasteiger partial charge in [-0.05, 0) is 56.2 Å². The molecule has 0 saturated carbocycles. The zero-order valence-corrected chi connectivity index (χ0v) is 11.4. The van der Waals surface area contributed by atoms with E-state index >= 15 is 0 Å². The second kappa shape index (κ2) is 5.57. The van der Waals surface area contributed by atoms with Gasteiger partial charge in [-0.3, -0.25) is 0 Å². The maximum Gasteiger partial charge on any atom is 0.323 e. The molecule has 0 saturated heterocycles. The van der Waals surface area contributed by atoms with Crippen LogP contribution in [-0.2, 0) is 0 Å². The van der Waals surface area contributed by atoms with Gasteiger partial charge in [0, 0.05) is 11.4 Å². The van der Waals surface area contributed by atoms with Gasteiger partial charge in [-0.1, -0.05) is 23.8 Å². The lowest BCUT2D eigenvalue weighted by atomic mass is 10.1. The van der Waals surface area contributed by atoms with Crippen LogP contribution >= 0.6 is 0 Å². The van der Waals surface area contributed by atoms with Crippen molar-refractivity contribution < 1.29 is 4.79 Å². The molecule has 0 heterocycles. The van der Waals surface area contributed by atoms with E-state index in [1.807, 2.05) is 63.2 Å².